The average Bonchev–Trinajstić information content (AvgIpc) is 3.48. The minimum absolute atomic E-state index is 0.295. The van der Waals surface area contributed by atoms with E-state index in [4.69, 9.17) is 9.97 Å². The lowest BCUT2D eigenvalue weighted by Gasteiger charge is -2.12. The van der Waals surface area contributed by atoms with Crippen LogP contribution in [0.25, 0.3) is 45.6 Å². The summed E-state index contributed by atoms with van der Waals surface area (Å²) in [6.45, 7) is 0. The Kier molecular flexibility index (Phi) is 3.83. The van der Waals surface area contributed by atoms with Crippen LogP contribution in [-0.2, 0) is 0 Å². The summed E-state index contributed by atoms with van der Waals surface area (Å²) in [6, 6.07) is 19.6. The molecule has 28 heavy (non-hydrogen) atoms. The number of hydrogen-bond acceptors (Lipinski definition) is 8. The molecule has 0 aliphatic rings. The largest absolute Gasteiger partial charge is 0.240 e. The highest BCUT2D eigenvalue weighted by Gasteiger charge is 2.23. The van der Waals surface area contributed by atoms with Crippen molar-refractivity contribution in [1.29, 1.82) is 0 Å². The lowest BCUT2D eigenvalue weighted by atomic mass is 10.0. The van der Waals surface area contributed by atoms with Crippen molar-refractivity contribution in [3.8, 4) is 45.6 Å². The maximum atomic E-state index is 4.85. The number of nitrogens with zero attached hydrogens (tertiary/aromatic N) is 8. The fourth-order valence-electron chi connectivity index (χ4n) is 2.87. The van der Waals surface area contributed by atoms with Gasteiger partial charge in [-0.1, -0.05) is 60.7 Å². The maximum Gasteiger partial charge on any atom is 0.225 e. The number of rotatable bonds is 4. The number of nitrogens with one attached hydrogen (secondary N) is 2. The number of H-pyrrole nitrogens is 2. The molecule has 5 rings (SSSR count). The number of aromatic amines is 2. The molecular weight excluding hydrogens is 356 g/mol. The molecule has 0 aliphatic carbocycles. The molecule has 3 heterocycles. The van der Waals surface area contributed by atoms with Crippen LogP contribution in [0.1, 0.15) is 0 Å². The third kappa shape index (κ3) is 2.78. The van der Waals surface area contributed by atoms with Crippen molar-refractivity contribution in [2.24, 2.45) is 0 Å². The number of hydrogen-bond donors (Lipinski definition) is 2. The molecule has 2 N–H and O–H groups in total. The van der Waals surface area contributed by atoms with Gasteiger partial charge < -0.3 is 0 Å². The molecule has 0 atom stereocenters. The number of aromatic nitrogens is 10. The lowest BCUT2D eigenvalue weighted by Crippen LogP contribution is -2.02. The van der Waals surface area contributed by atoms with Gasteiger partial charge in [-0.25, -0.2) is 9.97 Å². The van der Waals surface area contributed by atoms with Gasteiger partial charge in [0, 0.05) is 11.1 Å². The first kappa shape index (κ1) is 15.9. The zero-order valence-corrected chi connectivity index (χ0v) is 14.4. The fraction of sp³-hybridized carbons (Fsp3) is 0. The number of benzene rings is 2. The summed E-state index contributed by atoms with van der Waals surface area (Å²) < 4.78 is 0. The molecule has 5 aromatic rings. The molecule has 0 spiro atoms. The Balaban J connectivity index is 1.84. The van der Waals surface area contributed by atoms with E-state index in [-0.39, 0.29) is 0 Å². The summed E-state index contributed by atoms with van der Waals surface area (Å²) in [5.41, 5.74) is 4.04. The average molecular weight is 368 g/mol. The first-order valence-corrected chi connectivity index (χ1v) is 8.40. The lowest BCUT2D eigenvalue weighted by molar-refractivity contribution is 0.881. The van der Waals surface area contributed by atoms with Gasteiger partial charge in [0.25, 0.3) is 0 Å². The standard InChI is InChI=1S/C18H12N10/c1-3-7-11(8-4-1)13-14(12-9-5-2-6-10-12)20-16(18-23-27-28-24-18)15(19-13)17-21-25-26-22-17/h1-10H,(H,21,22,25,26)(H,23,24,27,28). The summed E-state index contributed by atoms with van der Waals surface area (Å²) in [7, 11) is 0. The van der Waals surface area contributed by atoms with Gasteiger partial charge in [-0.3, -0.25) is 0 Å². The first-order chi connectivity index (χ1) is 13.9. The van der Waals surface area contributed by atoms with Gasteiger partial charge >= 0.3 is 0 Å². The highest BCUT2D eigenvalue weighted by Crippen LogP contribution is 2.34. The van der Waals surface area contributed by atoms with Crippen LogP contribution in [0.5, 0.6) is 0 Å². The monoisotopic (exact) mass is 368 g/mol. The quantitative estimate of drug-likeness (QED) is 0.493. The molecule has 0 bridgehead atoms. The number of tetrazole rings is 2. The van der Waals surface area contributed by atoms with E-state index in [9.17, 15) is 0 Å². The molecule has 0 unspecified atom stereocenters. The van der Waals surface area contributed by atoms with Gasteiger partial charge in [0.15, 0.2) is 0 Å². The van der Waals surface area contributed by atoms with Crippen molar-refractivity contribution >= 4 is 0 Å². The second-order valence-electron chi connectivity index (χ2n) is 5.82. The molecule has 0 aliphatic heterocycles. The summed E-state index contributed by atoms with van der Waals surface area (Å²) in [6.07, 6.45) is 0. The maximum absolute atomic E-state index is 4.85. The van der Waals surface area contributed by atoms with Crippen LogP contribution in [0, 0.1) is 0 Å². The first-order valence-electron chi connectivity index (χ1n) is 8.40. The SMILES string of the molecule is c1ccc(-c2nc(-c3nn[nH]n3)c(-c3nn[nH]n3)nc2-c2ccccc2)cc1. The van der Waals surface area contributed by atoms with E-state index >= 15 is 0 Å². The van der Waals surface area contributed by atoms with Crippen LogP contribution >= 0.6 is 0 Å². The molecule has 10 heteroatoms. The summed E-state index contributed by atoms with van der Waals surface area (Å²) >= 11 is 0. The highest BCUT2D eigenvalue weighted by atomic mass is 15.5. The van der Waals surface area contributed by atoms with E-state index < -0.39 is 0 Å². The molecule has 134 valence electrons. The van der Waals surface area contributed by atoms with Crippen molar-refractivity contribution in [1.82, 2.24) is 51.2 Å². The smallest absolute Gasteiger partial charge is 0.225 e. The predicted molar refractivity (Wildman–Crippen MR) is 99.2 cm³/mol. The van der Waals surface area contributed by atoms with Gasteiger partial charge in [-0.15, -0.1) is 20.4 Å². The zero-order valence-electron chi connectivity index (χ0n) is 14.4. The van der Waals surface area contributed by atoms with E-state index in [1.165, 1.54) is 0 Å². The van der Waals surface area contributed by atoms with E-state index in [1.807, 2.05) is 60.7 Å². The third-order valence-corrected chi connectivity index (χ3v) is 4.10. The topological polar surface area (TPSA) is 135 Å². The van der Waals surface area contributed by atoms with E-state index in [0.717, 1.165) is 11.1 Å². The van der Waals surface area contributed by atoms with Crippen molar-refractivity contribution in [2.75, 3.05) is 0 Å². The van der Waals surface area contributed by atoms with Crippen LogP contribution in [0.2, 0.25) is 0 Å². The van der Waals surface area contributed by atoms with Gasteiger partial charge in [0.2, 0.25) is 11.6 Å². The molecular formula is C18H12N10. The van der Waals surface area contributed by atoms with E-state index in [2.05, 4.69) is 41.2 Å². The molecule has 0 saturated heterocycles. The Morgan fingerprint density at radius 3 is 1.29 bits per heavy atom. The van der Waals surface area contributed by atoms with Crippen LogP contribution in [-0.4, -0.2) is 51.2 Å². The van der Waals surface area contributed by atoms with Gasteiger partial charge in [-0.05, 0) is 10.4 Å². The predicted octanol–water partition coefficient (Wildman–Crippen LogP) is 2.17. The van der Waals surface area contributed by atoms with Gasteiger partial charge in [0.1, 0.15) is 11.4 Å². The van der Waals surface area contributed by atoms with Gasteiger partial charge in [0.05, 0.1) is 11.4 Å². The van der Waals surface area contributed by atoms with Crippen LogP contribution in [0.3, 0.4) is 0 Å². The van der Waals surface area contributed by atoms with Crippen molar-refractivity contribution in [2.45, 2.75) is 0 Å². The highest BCUT2D eigenvalue weighted by molar-refractivity contribution is 5.83. The van der Waals surface area contributed by atoms with Crippen molar-refractivity contribution in [3.63, 3.8) is 0 Å². The molecule has 0 fully saturated rings. The Labute approximate surface area is 158 Å². The summed E-state index contributed by atoms with van der Waals surface area (Å²) in [5.74, 6) is 0.591. The molecule has 0 saturated carbocycles. The molecule has 0 radical (unpaired) electrons. The van der Waals surface area contributed by atoms with Crippen LogP contribution in [0.15, 0.2) is 60.7 Å². The van der Waals surface area contributed by atoms with Crippen LogP contribution in [0.4, 0.5) is 0 Å². The van der Waals surface area contributed by atoms with Crippen LogP contribution < -0.4 is 0 Å². The minimum Gasteiger partial charge on any atom is -0.240 e. The second-order valence-corrected chi connectivity index (χ2v) is 5.82. The molecule has 0 amide bonds. The Morgan fingerprint density at radius 2 is 0.929 bits per heavy atom. The molecule has 3 aromatic heterocycles. The minimum atomic E-state index is 0.295. The Hall–Kier alpha value is -4.34. The second kappa shape index (κ2) is 6.76. The zero-order chi connectivity index (χ0) is 18.8. The summed E-state index contributed by atoms with van der Waals surface area (Å²) in [4.78, 5) is 9.70. The van der Waals surface area contributed by atoms with Crippen molar-refractivity contribution < 1.29 is 0 Å². The van der Waals surface area contributed by atoms with E-state index in [0.29, 0.717) is 34.4 Å². The summed E-state index contributed by atoms with van der Waals surface area (Å²) in [5, 5.41) is 28.4. The molecule has 10 nitrogen and oxygen atoms in total. The molecule has 2 aromatic carbocycles. The normalized spacial score (nSPS) is 10.9. The van der Waals surface area contributed by atoms with Gasteiger partial charge in [-0.2, -0.15) is 10.4 Å². The van der Waals surface area contributed by atoms with E-state index in [1.54, 1.807) is 0 Å². The Bertz CT molecular complexity index is 1090. The van der Waals surface area contributed by atoms with Crippen molar-refractivity contribution in [3.05, 3.63) is 60.7 Å². The third-order valence-electron chi connectivity index (χ3n) is 4.10. The Morgan fingerprint density at radius 1 is 0.500 bits per heavy atom. The fourth-order valence-corrected chi connectivity index (χ4v) is 2.87.